The topological polar surface area (TPSA) is 47.8 Å². The van der Waals surface area contributed by atoms with Gasteiger partial charge in [0.15, 0.2) is 0 Å². The molecule has 2 aromatic carbocycles. The summed E-state index contributed by atoms with van der Waals surface area (Å²) in [7, 11) is 2.02. The van der Waals surface area contributed by atoms with Gasteiger partial charge in [0.1, 0.15) is 6.29 Å². The highest BCUT2D eigenvalue weighted by atomic mass is 79.9. The lowest BCUT2D eigenvalue weighted by molar-refractivity contribution is -0.106. The molecule has 4 rings (SSSR count). The van der Waals surface area contributed by atoms with Crippen LogP contribution in [-0.4, -0.2) is 20.8 Å². The maximum absolute atomic E-state index is 8.81. The lowest BCUT2D eigenvalue weighted by Gasteiger charge is -2.01. The van der Waals surface area contributed by atoms with Crippen LogP contribution in [0.2, 0.25) is 5.28 Å². The van der Waals surface area contributed by atoms with Crippen LogP contribution in [0.4, 0.5) is 0 Å². The first-order chi connectivity index (χ1) is 13.5. The van der Waals surface area contributed by atoms with E-state index in [2.05, 4.69) is 61.7 Å². The fourth-order valence-corrected chi connectivity index (χ4v) is 3.14. The Balaban J connectivity index is 0.000000233. The van der Waals surface area contributed by atoms with E-state index in [0.29, 0.717) is 0 Å². The normalized spacial score (nSPS) is 9.75. The number of aldehydes is 1. The second-order valence-corrected chi connectivity index (χ2v) is 7.09. The van der Waals surface area contributed by atoms with Gasteiger partial charge in [0.05, 0.1) is 10.2 Å². The zero-order valence-corrected chi connectivity index (χ0v) is 18.3. The number of para-hydroxylation sites is 1. The molecule has 0 radical (unpaired) electrons. The van der Waals surface area contributed by atoms with Crippen molar-refractivity contribution in [2.45, 2.75) is 13.8 Å². The zero-order valence-electron chi connectivity index (χ0n) is 15.9. The van der Waals surface area contributed by atoms with Crippen LogP contribution in [0, 0.1) is 6.92 Å². The average Bonchev–Trinajstić information content (AvgIpc) is 3.02. The van der Waals surface area contributed by atoms with Gasteiger partial charge < -0.3 is 9.36 Å². The molecule has 0 saturated carbocycles. The Kier molecular flexibility index (Phi) is 8.36. The number of aromatic nitrogens is 3. The van der Waals surface area contributed by atoms with Crippen LogP contribution in [0.5, 0.6) is 0 Å². The van der Waals surface area contributed by atoms with Crippen molar-refractivity contribution in [2.75, 3.05) is 0 Å². The molecule has 0 aliphatic heterocycles. The third-order valence-electron chi connectivity index (χ3n) is 3.81. The summed E-state index contributed by atoms with van der Waals surface area (Å²) in [6.45, 7) is 3.53. The summed E-state index contributed by atoms with van der Waals surface area (Å²) >= 11 is 9.34. The highest BCUT2D eigenvalue weighted by Gasteiger charge is 2.13. The molecule has 0 spiro atoms. The summed E-state index contributed by atoms with van der Waals surface area (Å²) in [5, 5.41) is 1.40. The number of aryl methyl sites for hydroxylation is 2. The molecule has 0 aliphatic carbocycles. The molecule has 4 nitrogen and oxygen atoms in total. The molecule has 0 N–H and O–H groups in total. The SMILES string of the molecule is CC=O.Cc1ccccc1.Cn1cc(-c2nc(Cl)ncc2Br)c2ccccc21. The minimum Gasteiger partial charge on any atom is -0.350 e. The Morgan fingerprint density at radius 2 is 1.68 bits per heavy atom. The van der Waals surface area contributed by atoms with E-state index in [4.69, 9.17) is 16.4 Å². The van der Waals surface area contributed by atoms with Crippen molar-refractivity contribution in [3.8, 4) is 11.3 Å². The van der Waals surface area contributed by atoms with Gasteiger partial charge >= 0.3 is 0 Å². The number of benzene rings is 2. The highest BCUT2D eigenvalue weighted by molar-refractivity contribution is 9.10. The molecule has 2 heterocycles. The van der Waals surface area contributed by atoms with Crippen molar-refractivity contribution in [3.05, 3.63) is 82.3 Å². The maximum Gasteiger partial charge on any atom is 0.222 e. The predicted molar refractivity (Wildman–Crippen MR) is 120 cm³/mol. The first kappa shape index (κ1) is 21.8. The van der Waals surface area contributed by atoms with Crippen molar-refractivity contribution in [1.29, 1.82) is 0 Å². The minimum absolute atomic E-state index is 0.251. The molecule has 4 aromatic rings. The van der Waals surface area contributed by atoms with E-state index in [9.17, 15) is 0 Å². The Bertz CT molecular complexity index is 1050. The third-order valence-corrected chi connectivity index (χ3v) is 4.57. The van der Waals surface area contributed by atoms with Crippen molar-refractivity contribution < 1.29 is 4.79 Å². The standard InChI is InChI=1S/C13H9BrClN3.C7H8.C2H4O/c1-18-7-9(8-4-2-3-5-11(8)18)12-10(14)6-16-13(15)17-12;1-7-5-3-2-4-6-7;1-2-3/h2-7H,1H3;2-6H,1H3;2H,1H3. The largest absolute Gasteiger partial charge is 0.350 e. The van der Waals surface area contributed by atoms with Gasteiger partial charge in [0.25, 0.3) is 0 Å². The van der Waals surface area contributed by atoms with E-state index in [1.54, 1.807) is 6.20 Å². The van der Waals surface area contributed by atoms with E-state index in [-0.39, 0.29) is 5.28 Å². The first-order valence-electron chi connectivity index (χ1n) is 8.61. The average molecular weight is 459 g/mol. The van der Waals surface area contributed by atoms with Gasteiger partial charge in [-0.15, -0.1) is 0 Å². The molecule has 0 amide bonds. The van der Waals surface area contributed by atoms with E-state index in [1.807, 2.05) is 43.6 Å². The van der Waals surface area contributed by atoms with E-state index in [1.165, 1.54) is 12.5 Å². The minimum atomic E-state index is 0.251. The van der Waals surface area contributed by atoms with Crippen LogP contribution in [0.3, 0.4) is 0 Å². The van der Waals surface area contributed by atoms with Gasteiger partial charge in [-0.3, -0.25) is 0 Å². The number of rotatable bonds is 1. The third kappa shape index (κ3) is 5.75. The van der Waals surface area contributed by atoms with E-state index < -0.39 is 0 Å². The Morgan fingerprint density at radius 1 is 1.07 bits per heavy atom. The van der Waals surface area contributed by atoms with Gasteiger partial charge in [-0.05, 0) is 47.4 Å². The van der Waals surface area contributed by atoms with Crippen LogP contribution in [0.25, 0.3) is 22.2 Å². The van der Waals surface area contributed by atoms with Crippen molar-refractivity contribution >= 4 is 44.7 Å². The molecule has 6 heteroatoms. The second kappa shape index (κ2) is 10.7. The Labute approximate surface area is 178 Å². The quantitative estimate of drug-likeness (QED) is 0.250. The molecule has 0 aliphatic rings. The lowest BCUT2D eigenvalue weighted by Crippen LogP contribution is -1.88. The number of fused-ring (bicyclic) bond motifs is 1. The molecule has 0 unspecified atom stereocenters. The molecular formula is C22H21BrClN3O. The maximum atomic E-state index is 8.81. The number of hydrogen-bond acceptors (Lipinski definition) is 3. The number of carbonyl (C=O) groups is 1. The summed E-state index contributed by atoms with van der Waals surface area (Å²) < 4.78 is 2.91. The molecule has 28 heavy (non-hydrogen) atoms. The summed E-state index contributed by atoms with van der Waals surface area (Å²) in [5.74, 6) is 0. The molecule has 0 bridgehead atoms. The summed E-state index contributed by atoms with van der Waals surface area (Å²) in [5.41, 5.74) is 4.34. The van der Waals surface area contributed by atoms with Gasteiger partial charge in [-0.2, -0.15) is 0 Å². The van der Waals surface area contributed by atoms with Crippen molar-refractivity contribution in [3.63, 3.8) is 0 Å². The Morgan fingerprint density at radius 3 is 2.29 bits per heavy atom. The number of hydrogen-bond donors (Lipinski definition) is 0. The fraction of sp³-hybridized carbons (Fsp3) is 0.136. The number of halogens is 2. The van der Waals surface area contributed by atoms with Crippen molar-refractivity contribution in [1.82, 2.24) is 14.5 Å². The first-order valence-corrected chi connectivity index (χ1v) is 9.79. The summed E-state index contributed by atoms with van der Waals surface area (Å²) in [4.78, 5) is 17.1. The van der Waals surface area contributed by atoms with Gasteiger partial charge in [-0.1, -0.05) is 54.1 Å². The highest BCUT2D eigenvalue weighted by Crippen LogP contribution is 2.33. The number of nitrogens with zero attached hydrogens (tertiary/aromatic N) is 3. The fourth-order valence-electron chi connectivity index (χ4n) is 2.60. The molecular weight excluding hydrogens is 438 g/mol. The monoisotopic (exact) mass is 457 g/mol. The van der Waals surface area contributed by atoms with Gasteiger partial charge in [0.2, 0.25) is 5.28 Å². The summed E-state index contributed by atoms with van der Waals surface area (Å²) in [6.07, 6.45) is 4.47. The number of carbonyl (C=O) groups excluding carboxylic acids is 1. The van der Waals surface area contributed by atoms with Gasteiger partial charge in [-0.25, -0.2) is 9.97 Å². The molecule has 0 saturated heterocycles. The van der Waals surface area contributed by atoms with E-state index in [0.717, 1.165) is 32.9 Å². The Hall–Kier alpha value is -2.50. The smallest absolute Gasteiger partial charge is 0.222 e. The second-order valence-electron chi connectivity index (χ2n) is 5.90. The van der Waals surface area contributed by atoms with Crippen LogP contribution >= 0.6 is 27.5 Å². The van der Waals surface area contributed by atoms with E-state index >= 15 is 0 Å². The molecule has 2 aromatic heterocycles. The van der Waals surface area contributed by atoms with Gasteiger partial charge in [0, 0.05) is 35.9 Å². The van der Waals surface area contributed by atoms with Crippen molar-refractivity contribution in [2.24, 2.45) is 7.05 Å². The van der Waals surface area contributed by atoms with Crippen LogP contribution < -0.4 is 0 Å². The predicted octanol–water partition coefficient (Wildman–Crippen LogP) is 6.25. The van der Waals surface area contributed by atoms with Crippen LogP contribution in [0.15, 0.2) is 71.5 Å². The summed E-state index contributed by atoms with van der Waals surface area (Å²) in [6, 6.07) is 18.5. The van der Waals surface area contributed by atoms with Crippen LogP contribution in [0.1, 0.15) is 12.5 Å². The molecule has 0 fully saturated rings. The van der Waals surface area contributed by atoms with Crippen LogP contribution in [-0.2, 0) is 11.8 Å². The molecule has 0 atom stereocenters. The zero-order chi connectivity index (χ0) is 20.5. The lowest BCUT2D eigenvalue weighted by atomic mass is 10.1. The molecule has 144 valence electrons.